The summed E-state index contributed by atoms with van der Waals surface area (Å²) in [6.07, 6.45) is 0.998. The first-order chi connectivity index (χ1) is 23.1. The first-order valence-electron chi connectivity index (χ1n) is 16.0. The van der Waals surface area contributed by atoms with Crippen molar-refractivity contribution in [3.05, 3.63) is 59.6 Å². The van der Waals surface area contributed by atoms with E-state index in [0.717, 1.165) is 27.9 Å². The molecule has 0 N–H and O–H groups in total. The van der Waals surface area contributed by atoms with Crippen LogP contribution in [0.5, 0.6) is 5.75 Å². The molecule has 3 aliphatic rings. The summed E-state index contributed by atoms with van der Waals surface area (Å²) >= 11 is 1.41. The van der Waals surface area contributed by atoms with Crippen LogP contribution in [0.3, 0.4) is 0 Å². The molecule has 0 aliphatic carbocycles. The summed E-state index contributed by atoms with van der Waals surface area (Å²) in [5.74, 6) is -3.70. The number of thiophene rings is 1. The minimum Gasteiger partial charge on any atom is -0.490 e. The Kier molecular flexibility index (Phi) is 8.67. The van der Waals surface area contributed by atoms with E-state index >= 15 is 4.39 Å². The Balaban J connectivity index is 1.35. The number of aromatic nitrogens is 3. The highest BCUT2D eigenvalue weighted by Crippen LogP contribution is 2.48. The number of benzene rings is 1. The smallest absolute Gasteiger partial charge is 0.250 e. The topological polar surface area (TPSA) is 76.0 Å². The van der Waals surface area contributed by atoms with Gasteiger partial charge in [0.1, 0.15) is 41.2 Å². The number of methoxy groups -OCH3 is 1. The maximum absolute atomic E-state index is 16.0. The summed E-state index contributed by atoms with van der Waals surface area (Å²) in [6, 6.07) is 5.59. The van der Waals surface area contributed by atoms with Gasteiger partial charge in [-0.05, 0) is 30.5 Å². The highest BCUT2D eigenvalue weighted by atomic mass is 32.1. The first-order valence-corrected chi connectivity index (χ1v) is 16.9. The molecular formula is C34H36F4N6O3S. The Hall–Kier alpha value is -4.01. The molecule has 3 aromatic heterocycles. The van der Waals surface area contributed by atoms with Gasteiger partial charge in [-0.3, -0.25) is 14.4 Å². The zero-order valence-electron chi connectivity index (χ0n) is 26.7. The van der Waals surface area contributed by atoms with Crippen molar-refractivity contribution in [1.82, 2.24) is 24.6 Å². The Labute approximate surface area is 279 Å². The number of anilines is 1. The summed E-state index contributed by atoms with van der Waals surface area (Å²) in [4.78, 5) is 23.7. The Bertz CT molecular complexity index is 1860. The monoisotopic (exact) mass is 684 g/mol. The number of halogens is 4. The van der Waals surface area contributed by atoms with E-state index < -0.39 is 17.6 Å². The minimum absolute atomic E-state index is 0.0149. The standard InChI is InChI=1S/C34H36F4N6O3S/c1-4-28(45)43-10-11-44-26(20(43)2)17-25(40-44)31-30(29-24(36)15-21(35)16-27(29)47-13-12-46-3)32-23(5-14-48-32)33(39-31)42-18-22(19-42)41-8-6-34(37,38)7-9-41/h4-5,14-17,20,22H,1,6-13,18-19H2,2-3H3/t20-/m1/s1. The second kappa shape index (κ2) is 12.8. The third-order valence-corrected chi connectivity index (χ3v) is 10.5. The number of pyridine rings is 1. The van der Waals surface area contributed by atoms with Gasteiger partial charge in [0.2, 0.25) is 5.91 Å². The predicted molar refractivity (Wildman–Crippen MR) is 176 cm³/mol. The molecule has 0 spiro atoms. The van der Waals surface area contributed by atoms with Crippen molar-refractivity contribution >= 4 is 33.1 Å². The lowest BCUT2D eigenvalue weighted by Crippen LogP contribution is -2.61. The molecule has 9 nitrogen and oxygen atoms in total. The third kappa shape index (κ3) is 5.83. The molecule has 0 saturated carbocycles. The third-order valence-electron chi connectivity index (χ3n) is 9.57. The second-order valence-corrected chi connectivity index (χ2v) is 13.4. The number of nitrogens with zero attached hydrogens (tertiary/aromatic N) is 6. The van der Waals surface area contributed by atoms with E-state index in [4.69, 9.17) is 19.6 Å². The van der Waals surface area contributed by atoms with Crippen LogP contribution in [-0.4, -0.2) is 95.5 Å². The van der Waals surface area contributed by atoms with Crippen molar-refractivity contribution in [2.24, 2.45) is 0 Å². The average Bonchev–Trinajstić information content (AvgIpc) is 3.70. The molecule has 7 rings (SSSR count). The number of likely N-dealkylation sites (tertiary alicyclic amines) is 1. The Morgan fingerprint density at radius 2 is 1.88 bits per heavy atom. The van der Waals surface area contributed by atoms with Gasteiger partial charge in [0.25, 0.3) is 5.92 Å². The zero-order valence-corrected chi connectivity index (χ0v) is 27.5. The fourth-order valence-corrected chi connectivity index (χ4v) is 7.86. The fraction of sp³-hybridized carbons (Fsp3) is 0.441. The van der Waals surface area contributed by atoms with E-state index in [0.29, 0.717) is 62.0 Å². The molecule has 3 aliphatic heterocycles. The number of rotatable bonds is 9. The van der Waals surface area contributed by atoms with Crippen molar-refractivity contribution in [3.63, 3.8) is 0 Å². The van der Waals surface area contributed by atoms with Gasteiger partial charge < -0.3 is 19.3 Å². The highest BCUT2D eigenvalue weighted by molar-refractivity contribution is 7.18. The Morgan fingerprint density at radius 1 is 1.10 bits per heavy atom. The van der Waals surface area contributed by atoms with Crippen molar-refractivity contribution in [3.8, 4) is 28.3 Å². The molecule has 254 valence electrons. The van der Waals surface area contributed by atoms with Crippen molar-refractivity contribution in [1.29, 1.82) is 0 Å². The SMILES string of the molecule is C=CC(=O)N1CCn2nc(-c3nc(N4CC(N5CCC(F)(F)CC5)C4)c4ccsc4c3-c3c(F)cc(F)cc3OCCOC)cc2[C@H]1C. The van der Waals surface area contributed by atoms with E-state index in [2.05, 4.69) is 16.4 Å². The minimum atomic E-state index is -2.62. The van der Waals surface area contributed by atoms with Gasteiger partial charge in [0.15, 0.2) is 0 Å². The number of carbonyl (C=O) groups excluding carboxylic acids is 1. The lowest BCUT2D eigenvalue weighted by atomic mass is 9.97. The zero-order chi connectivity index (χ0) is 33.7. The number of ether oxygens (including phenoxy) is 2. The highest BCUT2D eigenvalue weighted by Gasteiger charge is 2.41. The second-order valence-electron chi connectivity index (χ2n) is 12.5. The number of alkyl halides is 2. The number of carbonyl (C=O) groups is 1. The summed E-state index contributed by atoms with van der Waals surface area (Å²) in [5.41, 5.74) is 2.13. The van der Waals surface area contributed by atoms with Crippen molar-refractivity contribution in [2.75, 3.05) is 57.9 Å². The summed E-state index contributed by atoms with van der Waals surface area (Å²) in [5, 5.41) is 7.59. The molecule has 0 unspecified atom stereocenters. The molecule has 48 heavy (non-hydrogen) atoms. The fourth-order valence-electron chi connectivity index (χ4n) is 6.92. The van der Waals surface area contributed by atoms with Crippen LogP contribution in [-0.2, 0) is 16.1 Å². The molecule has 2 saturated heterocycles. The molecule has 0 bridgehead atoms. The number of fused-ring (bicyclic) bond motifs is 2. The average molecular weight is 685 g/mol. The van der Waals surface area contributed by atoms with Gasteiger partial charge in [-0.25, -0.2) is 22.5 Å². The van der Waals surface area contributed by atoms with Crippen LogP contribution in [0.25, 0.3) is 32.6 Å². The molecule has 1 atom stereocenters. The number of hydrogen-bond donors (Lipinski definition) is 0. The van der Waals surface area contributed by atoms with Gasteiger partial charge in [0, 0.05) is 86.5 Å². The lowest BCUT2D eigenvalue weighted by Gasteiger charge is -2.48. The number of piperidine rings is 1. The summed E-state index contributed by atoms with van der Waals surface area (Å²) in [6.45, 7) is 8.62. The maximum Gasteiger partial charge on any atom is 0.250 e. The van der Waals surface area contributed by atoms with E-state index in [1.165, 1.54) is 24.5 Å². The largest absolute Gasteiger partial charge is 0.490 e. The molecule has 0 radical (unpaired) electrons. The molecule has 4 aromatic rings. The summed E-state index contributed by atoms with van der Waals surface area (Å²) in [7, 11) is 1.51. The van der Waals surface area contributed by atoms with Crippen LogP contribution in [0.15, 0.2) is 42.3 Å². The van der Waals surface area contributed by atoms with E-state index in [-0.39, 0.29) is 55.4 Å². The maximum atomic E-state index is 16.0. The van der Waals surface area contributed by atoms with Crippen LogP contribution in [0, 0.1) is 11.6 Å². The van der Waals surface area contributed by atoms with E-state index in [1.54, 1.807) is 4.90 Å². The van der Waals surface area contributed by atoms with Crippen LogP contribution in [0.2, 0.25) is 0 Å². The van der Waals surface area contributed by atoms with E-state index in [1.807, 2.05) is 29.1 Å². The molecule has 14 heteroatoms. The normalized spacial score (nSPS) is 19.8. The van der Waals surface area contributed by atoms with Gasteiger partial charge in [-0.1, -0.05) is 6.58 Å². The van der Waals surface area contributed by atoms with Crippen LogP contribution >= 0.6 is 11.3 Å². The van der Waals surface area contributed by atoms with Crippen LogP contribution in [0.1, 0.15) is 31.5 Å². The van der Waals surface area contributed by atoms with Gasteiger partial charge in [-0.2, -0.15) is 5.10 Å². The lowest BCUT2D eigenvalue weighted by molar-refractivity contribution is -0.129. The van der Waals surface area contributed by atoms with E-state index in [9.17, 15) is 18.0 Å². The summed E-state index contributed by atoms with van der Waals surface area (Å²) < 4.78 is 71.9. The molecular weight excluding hydrogens is 648 g/mol. The Morgan fingerprint density at radius 3 is 2.60 bits per heavy atom. The molecule has 1 amide bonds. The molecule has 1 aromatic carbocycles. The molecule has 2 fully saturated rings. The quantitative estimate of drug-likeness (QED) is 0.119. The molecule has 6 heterocycles. The number of amides is 1. The van der Waals surface area contributed by atoms with Gasteiger partial charge in [-0.15, -0.1) is 11.3 Å². The van der Waals surface area contributed by atoms with Gasteiger partial charge in [0.05, 0.1) is 30.5 Å². The predicted octanol–water partition coefficient (Wildman–Crippen LogP) is 6.14. The number of hydrogen-bond acceptors (Lipinski definition) is 8. The van der Waals surface area contributed by atoms with Crippen LogP contribution < -0.4 is 9.64 Å². The van der Waals surface area contributed by atoms with Crippen molar-refractivity contribution < 1.29 is 31.8 Å². The first kappa shape index (κ1) is 32.5. The van der Waals surface area contributed by atoms with Crippen molar-refractivity contribution in [2.45, 2.75) is 44.3 Å². The van der Waals surface area contributed by atoms with Gasteiger partial charge >= 0.3 is 0 Å². The van der Waals surface area contributed by atoms with Crippen LogP contribution in [0.4, 0.5) is 23.4 Å².